The van der Waals surface area contributed by atoms with Crippen LogP contribution >= 0.6 is 11.3 Å². The van der Waals surface area contributed by atoms with Crippen molar-refractivity contribution in [3.8, 4) is 0 Å². The first-order chi connectivity index (χ1) is 10.3. The summed E-state index contributed by atoms with van der Waals surface area (Å²) in [6.45, 7) is 10.4. The Balaban J connectivity index is 1.61. The molecule has 1 fully saturated rings. The molecule has 2 aromatic heterocycles. The highest BCUT2D eigenvalue weighted by Gasteiger charge is 2.27. The molecule has 3 rings (SSSR count). The van der Waals surface area contributed by atoms with Gasteiger partial charge in [0.2, 0.25) is 10.1 Å². The van der Waals surface area contributed by atoms with Crippen LogP contribution in [-0.4, -0.2) is 57.4 Å². The van der Waals surface area contributed by atoms with Crippen LogP contribution in [0.15, 0.2) is 6.20 Å². The third-order valence-electron chi connectivity index (χ3n) is 3.35. The largest absolute Gasteiger partial charge is 0.444 e. The van der Waals surface area contributed by atoms with E-state index in [4.69, 9.17) is 4.74 Å². The van der Waals surface area contributed by atoms with Gasteiger partial charge in [-0.1, -0.05) is 11.3 Å². The molecule has 22 heavy (non-hydrogen) atoms. The van der Waals surface area contributed by atoms with Crippen molar-refractivity contribution in [1.82, 2.24) is 19.5 Å². The quantitative estimate of drug-likeness (QED) is 0.805. The van der Waals surface area contributed by atoms with E-state index in [0.29, 0.717) is 13.1 Å². The number of nitrogens with zero attached hydrogens (tertiary/aromatic N) is 5. The highest BCUT2D eigenvalue weighted by Crippen LogP contribution is 2.24. The second kappa shape index (κ2) is 5.42. The third kappa shape index (κ3) is 3.16. The summed E-state index contributed by atoms with van der Waals surface area (Å²) in [5, 5.41) is 5.50. The summed E-state index contributed by atoms with van der Waals surface area (Å²) in [7, 11) is 0. The van der Waals surface area contributed by atoms with Gasteiger partial charge >= 0.3 is 6.09 Å². The van der Waals surface area contributed by atoms with E-state index in [1.165, 1.54) is 0 Å². The summed E-state index contributed by atoms with van der Waals surface area (Å²) in [5.74, 6) is 0. The molecule has 1 saturated heterocycles. The Labute approximate surface area is 133 Å². The number of imidazole rings is 1. The summed E-state index contributed by atoms with van der Waals surface area (Å²) in [6.07, 6.45) is 1.68. The molecular formula is C14H21N5O2S. The fourth-order valence-corrected chi connectivity index (χ4v) is 3.31. The van der Waals surface area contributed by atoms with Gasteiger partial charge in [0.1, 0.15) is 5.60 Å². The van der Waals surface area contributed by atoms with E-state index in [2.05, 4.69) is 15.0 Å². The lowest BCUT2D eigenvalue weighted by molar-refractivity contribution is 0.0240. The Bertz CT molecular complexity index is 648. The molecule has 7 nitrogen and oxygen atoms in total. The SMILES string of the molecule is Cc1cn2nc(N3CCN(C(=O)OC(C)(C)C)CC3)sc2n1. The number of aromatic nitrogens is 3. The summed E-state index contributed by atoms with van der Waals surface area (Å²) in [4.78, 5) is 21.3. The fraction of sp³-hybridized carbons (Fsp3) is 0.643. The minimum atomic E-state index is -0.452. The fourth-order valence-electron chi connectivity index (χ4n) is 2.33. The summed E-state index contributed by atoms with van der Waals surface area (Å²) in [5.41, 5.74) is 0.521. The topological polar surface area (TPSA) is 63.0 Å². The van der Waals surface area contributed by atoms with Crippen molar-refractivity contribution in [3.05, 3.63) is 11.9 Å². The Morgan fingerprint density at radius 3 is 2.55 bits per heavy atom. The highest BCUT2D eigenvalue weighted by molar-refractivity contribution is 7.20. The van der Waals surface area contributed by atoms with Crippen molar-refractivity contribution < 1.29 is 9.53 Å². The Hall–Kier alpha value is -1.83. The van der Waals surface area contributed by atoms with Crippen molar-refractivity contribution in [2.75, 3.05) is 31.1 Å². The Kier molecular flexibility index (Phi) is 3.72. The van der Waals surface area contributed by atoms with E-state index in [-0.39, 0.29) is 6.09 Å². The lowest BCUT2D eigenvalue weighted by atomic mass is 10.2. The molecule has 0 N–H and O–H groups in total. The van der Waals surface area contributed by atoms with E-state index < -0.39 is 5.60 Å². The first kappa shape index (κ1) is 15.1. The van der Waals surface area contributed by atoms with Crippen LogP contribution < -0.4 is 4.90 Å². The number of ether oxygens (including phenoxy) is 1. The lowest BCUT2D eigenvalue weighted by Gasteiger charge is -2.35. The zero-order valence-electron chi connectivity index (χ0n) is 13.4. The van der Waals surface area contributed by atoms with Gasteiger partial charge in [-0.05, 0) is 27.7 Å². The molecule has 0 aliphatic carbocycles. The number of aryl methyl sites for hydroxylation is 1. The molecule has 120 valence electrons. The van der Waals surface area contributed by atoms with Gasteiger partial charge in [-0.15, -0.1) is 5.10 Å². The van der Waals surface area contributed by atoms with E-state index in [0.717, 1.165) is 28.9 Å². The molecule has 0 bridgehead atoms. The predicted molar refractivity (Wildman–Crippen MR) is 85.6 cm³/mol. The highest BCUT2D eigenvalue weighted by atomic mass is 32.1. The van der Waals surface area contributed by atoms with Gasteiger partial charge in [0.15, 0.2) is 0 Å². The number of carbonyl (C=O) groups is 1. The van der Waals surface area contributed by atoms with E-state index in [1.54, 1.807) is 16.2 Å². The second-order valence-electron chi connectivity index (χ2n) is 6.45. The Morgan fingerprint density at radius 2 is 1.95 bits per heavy atom. The number of hydrogen-bond donors (Lipinski definition) is 0. The van der Waals surface area contributed by atoms with Crippen LogP contribution in [0.25, 0.3) is 4.96 Å². The summed E-state index contributed by atoms with van der Waals surface area (Å²) >= 11 is 1.58. The molecule has 0 radical (unpaired) electrons. The molecule has 0 spiro atoms. The van der Waals surface area contributed by atoms with Gasteiger partial charge in [0.05, 0.1) is 11.9 Å². The molecule has 0 aromatic carbocycles. The third-order valence-corrected chi connectivity index (χ3v) is 4.34. The van der Waals surface area contributed by atoms with Crippen LogP contribution in [0.2, 0.25) is 0 Å². The van der Waals surface area contributed by atoms with Crippen LogP contribution in [0.5, 0.6) is 0 Å². The molecule has 1 aliphatic heterocycles. The number of fused-ring (bicyclic) bond motifs is 1. The van der Waals surface area contributed by atoms with Crippen LogP contribution in [0.3, 0.4) is 0 Å². The van der Waals surface area contributed by atoms with Gasteiger partial charge in [0.25, 0.3) is 0 Å². The molecule has 0 unspecified atom stereocenters. The van der Waals surface area contributed by atoms with Crippen molar-refractivity contribution >= 4 is 27.5 Å². The van der Waals surface area contributed by atoms with Gasteiger partial charge in [-0.3, -0.25) is 0 Å². The number of hydrogen-bond acceptors (Lipinski definition) is 6. The van der Waals surface area contributed by atoms with Crippen molar-refractivity contribution in [2.24, 2.45) is 0 Å². The smallest absolute Gasteiger partial charge is 0.410 e. The van der Waals surface area contributed by atoms with Gasteiger partial charge in [0, 0.05) is 26.2 Å². The van der Waals surface area contributed by atoms with Crippen LogP contribution in [-0.2, 0) is 4.74 Å². The Morgan fingerprint density at radius 1 is 1.27 bits per heavy atom. The van der Waals surface area contributed by atoms with E-state index >= 15 is 0 Å². The van der Waals surface area contributed by atoms with Crippen molar-refractivity contribution in [3.63, 3.8) is 0 Å². The zero-order chi connectivity index (χ0) is 15.9. The van der Waals surface area contributed by atoms with Gasteiger partial charge in [-0.25, -0.2) is 14.3 Å². The molecule has 0 atom stereocenters. The van der Waals surface area contributed by atoms with Crippen molar-refractivity contribution in [2.45, 2.75) is 33.3 Å². The van der Waals surface area contributed by atoms with E-state index in [9.17, 15) is 4.79 Å². The molecule has 1 aliphatic rings. The summed E-state index contributed by atoms with van der Waals surface area (Å²) < 4.78 is 7.22. The van der Waals surface area contributed by atoms with E-state index in [1.807, 2.05) is 38.4 Å². The lowest BCUT2D eigenvalue weighted by Crippen LogP contribution is -2.50. The average Bonchev–Trinajstić information content (AvgIpc) is 2.94. The van der Waals surface area contributed by atoms with Crippen LogP contribution in [0.1, 0.15) is 26.5 Å². The molecule has 2 aromatic rings. The van der Waals surface area contributed by atoms with Gasteiger partial charge < -0.3 is 14.5 Å². The number of anilines is 1. The number of rotatable bonds is 1. The summed E-state index contributed by atoms with van der Waals surface area (Å²) in [6, 6.07) is 0. The first-order valence-electron chi connectivity index (χ1n) is 7.37. The number of piperazine rings is 1. The molecule has 3 heterocycles. The average molecular weight is 323 g/mol. The standard InChI is InChI=1S/C14H21N5O2S/c1-10-9-19-11(15-10)22-12(16-19)17-5-7-18(8-6-17)13(20)21-14(2,3)4/h9H,5-8H2,1-4H3. The minimum absolute atomic E-state index is 0.239. The minimum Gasteiger partial charge on any atom is -0.444 e. The number of amides is 1. The number of carbonyl (C=O) groups excluding carboxylic acids is 1. The zero-order valence-corrected chi connectivity index (χ0v) is 14.2. The van der Waals surface area contributed by atoms with Crippen LogP contribution in [0, 0.1) is 6.92 Å². The van der Waals surface area contributed by atoms with Crippen molar-refractivity contribution in [1.29, 1.82) is 0 Å². The normalized spacial score (nSPS) is 16.4. The monoisotopic (exact) mass is 323 g/mol. The van der Waals surface area contributed by atoms with Gasteiger partial charge in [-0.2, -0.15) is 0 Å². The molecule has 1 amide bonds. The molecular weight excluding hydrogens is 302 g/mol. The second-order valence-corrected chi connectivity index (χ2v) is 7.38. The van der Waals surface area contributed by atoms with Crippen LogP contribution in [0.4, 0.5) is 9.93 Å². The molecule has 8 heteroatoms. The maximum atomic E-state index is 12.1. The molecule has 0 saturated carbocycles. The maximum Gasteiger partial charge on any atom is 0.410 e. The first-order valence-corrected chi connectivity index (χ1v) is 8.19. The maximum absolute atomic E-state index is 12.1. The predicted octanol–water partition coefficient (Wildman–Crippen LogP) is 2.16.